The van der Waals surface area contributed by atoms with E-state index in [9.17, 15) is 17.6 Å². The van der Waals surface area contributed by atoms with E-state index >= 15 is 0 Å². The Morgan fingerprint density at radius 3 is 2.42 bits per heavy atom. The quantitative estimate of drug-likeness (QED) is 0.473. The Bertz CT molecular complexity index is 1200. The van der Waals surface area contributed by atoms with E-state index in [1.807, 2.05) is 43.3 Å². The van der Waals surface area contributed by atoms with Crippen LogP contribution in [0.4, 0.5) is 10.1 Å². The second-order valence-corrected chi connectivity index (χ2v) is 9.27. The Labute approximate surface area is 193 Å². The summed E-state index contributed by atoms with van der Waals surface area (Å²) in [4.78, 5) is 14.5. The van der Waals surface area contributed by atoms with Crippen molar-refractivity contribution in [3.05, 3.63) is 89.7 Å². The predicted octanol–water partition coefficient (Wildman–Crippen LogP) is 3.50. The first-order valence-corrected chi connectivity index (χ1v) is 11.7. The molecule has 9 heteroatoms. The summed E-state index contributed by atoms with van der Waals surface area (Å²) in [5, 5.41) is 2.77. The van der Waals surface area contributed by atoms with E-state index < -0.39 is 21.7 Å². The zero-order chi connectivity index (χ0) is 23.8. The van der Waals surface area contributed by atoms with Gasteiger partial charge in [-0.1, -0.05) is 30.3 Å². The molecule has 3 aromatic carbocycles. The number of para-hydroxylation sites is 1. The van der Waals surface area contributed by atoms with Crippen LogP contribution in [-0.4, -0.2) is 46.5 Å². The van der Waals surface area contributed by atoms with Gasteiger partial charge in [-0.25, -0.2) is 12.8 Å². The highest BCUT2D eigenvalue weighted by molar-refractivity contribution is 7.92. The summed E-state index contributed by atoms with van der Waals surface area (Å²) in [6, 6.07) is 18.4. The van der Waals surface area contributed by atoms with Crippen molar-refractivity contribution in [1.82, 2.24) is 10.2 Å². The highest BCUT2D eigenvalue weighted by Gasteiger charge is 2.18. The number of anilines is 1. The van der Waals surface area contributed by atoms with Crippen molar-refractivity contribution < 1.29 is 22.3 Å². The minimum Gasteiger partial charge on any atom is -0.492 e. The molecule has 3 aromatic rings. The van der Waals surface area contributed by atoms with Gasteiger partial charge in [0.05, 0.1) is 10.6 Å². The number of carbonyl (C=O) groups excluding carboxylic acids is 1. The molecule has 0 bridgehead atoms. The number of nitrogens with zero attached hydrogens (tertiary/aromatic N) is 1. The predicted molar refractivity (Wildman–Crippen MR) is 125 cm³/mol. The van der Waals surface area contributed by atoms with Crippen LogP contribution in [-0.2, 0) is 16.6 Å². The Hall–Kier alpha value is -3.43. The molecule has 0 atom stereocenters. The minimum absolute atomic E-state index is 0.141. The van der Waals surface area contributed by atoms with Gasteiger partial charge >= 0.3 is 0 Å². The summed E-state index contributed by atoms with van der Waals surface area (Å²) in [7, 11) is -0.120. The molecule has 7 nitrogen and oxygen atoms in total. The Morgan fingerprint density at radius 1 is 1.00 bits per heavy atom. The van der Waals surface area contributed by atoms with Crippen LogP contribution in [0.5, 0.6) is 5.75 Å². The molecule has 0 unspecified atom stereocenters. The van der Waals surface area contributed by atoms with Gasteiger partial charge in [0, 0.05) is 18.7 Å². The lowest BCUT2D eigenvalue weighted by atomic mass is 10.2. The average Bonchev–Trinajstić information content (AvgIpc) is 2.79. The van der Waals surface area contributed by atoms with Crippen LogP contribution in [0.1, 0.15) is 15.9 Å². The number of amides is 1. The van der Waals surface area contributed by atoms with Crippen molar-refractivity contribution in [3.63, 3.8) is 0 Å². The minimum atomic E-state index is -4.06. The Morgan fingerprint density at radius 2 is 1.73 bits per heavy atom. The molecule has 174 valence electrons. The van der Waals surface area contributed by atoms with Crippen LogP contribution in [0.15, 0.2) is 77.7 Å². The van der Waals surface area contributed by atoms with Crippen molar-refractivity contribution in [3.8, 4) is 5.75 Å². The summed E-state index contributed by atoms with van der Waals surface area (Å²) >= 11 is 0. The van der Waals surface area contributed by atoms with Crippen LogP contribution in [0.25, 0.3) is 0 Å². The lowest BCUT2D eigenvalue weighted by Crippen LogP contribution is -2.23. The van der Waals surface area contributed by atoms with Crippen LogP contribution < -0.4 is 14.8 Å². The number of benzene rings is 3. The third-order valence-electron chi connectivity index (χ3n) is 4.71. The standard InChI is InChI=1S/C24H26FN3O4S/c1-28(2)14-15-32-20-12-10-18(11-13-20)17-26-24(29)19-6-5-7-21(16-19)33(30,31)27-23-9-4-3-8-22(23)25/h3-13,16,27H,14-15,17H2,1-2H3,(H,26,29). The van der Waals surface area contributed by atoms with Crippen LogP contribution in [0, 0.1) is 5.82 Å². The molecule has 0 aromatic heterocycles. The highest BCUT2D eigenvalue weighted by Crippen LogP contribution is 2.20. The van der Waals surface area contributed by atoms with Gasteiger partial charge < -0.3 is 15.0 Å². The maximum Gasteiger partial charge on any atom is 0.262 e. The van der Waals surface area contributed by atoms with E-state index in [0.717, 1.165) is 23.9 Å². The summed E-state index contributed by atoms with van der Waals surface area (Å²) in [5.74, 6) is -0.375. The van der Waals surface area contributed by atoms with Crippen molar-refractivity contribution in [2.24, 2.45) is 0 Å². The number of nitrogens with one attached hydrogen (secondary N) is 2. The molecule has 3 rings (SSSR count). The van der Waals surface area contributed by atoms with E-state index in [2.05, 4.69) is 10.0 Å². The Kier molecular flexibility index (Phi) is 8.02. The van der Waals surface area contributed by atoms with Crippen molar-refractivity contribution >= 4 is 21.6 Å². The fourth-order valence-corrected chi connectivity index (χ4v) is 4.00. The average molecular weight is 472 g/mol. The highest BCUT2D eigenvalue weighted by atomic mass is 32.2. The number of hydrogen-bond acceptors (Lipinski definition) is 5. The number of ether oxygens (including phenoxy) is 1. The van der Waals surface area contributed by atoms with Gasteiger partial charge in [0.1, 0.15) is 18.2 Å². The lowest BCUT2D eigenvalue weighted by Gasteiger charge is -2.12. The van der Waals surface area contributed by atoms with Gasteiger partial charge in [-0.05, 0) is 62.1 Å². The number of likely N-dealkylation sites (N-methyl/N-ethyl adjacent to an activating group) is 1. The molecule has 0 heterocycles. The first kappa shape index (κ1) is 24.2. The molecule has 0 aliphatic heterocycles. The van der Waals surface area contributed by atoms with Crippen LogP contribution >= 0.6 is 0 Å². The topological polar surface area (TPSA) is 87.7 Å². The molecule has 0 saturated carbocycles. The van der Waals surface area contributed by atoms with Gasteiger partial charge in [-0.2, -0.15) is 0 Å². The molecular formula is C24H26FN3O4S. The largest absolute Gasteiger partial charge is 0.492 e. The fourth-order valence-electron chi connectivity index (χ4n) is 2.89. The summed E-state index contributed by atoms with van der Waals surface area (Å²) in [5.41, 5.74) is 0.879. The van der Waals surface area contributed by atoms with Gasteiger partial charge in [-0.15, -0.1) is 0 Å². The van der Waals surface area contributed by atoms with Crippen molar-refractivity contribution in [1.29, 1.82) is 0 Å². The second-order valence-electron chi connectivity index (χ2n) is 7.59. The first-order chi connectivity index (χ1) is 15.7. The zero-order valence-corrected chi connectivity index (χ0v) is 19.2. The molecule has 0 aliphatic carbocycles. The maximum atomic E-state index is 13.8. The molecule has 0 saturated heterocycles. The van der Waals surface area contributed by atoms with Crippen LogP contribution in [0.2, 0.25) is 0 Å². The maximum absolute atomic E-state index is 13.8. The molecule has 0 fully saturated rings. The van der Waals surface area contributed by atoms with E-state index in [4.69, 9.17) is 4.74 Å². The summed E-state index contributed by atoms with van der Waals surface area (Å²) in [6.45, 7) is 1.65. The lowest BCUT2D eigenvalue weighted by molar-refractivity contribution is 0.0950. The van der Waals surface area contributed by atoms with Gasteiger partial charge in [0.25, 0.3) is 15.9 Å². The smallest absolute Gasteiger partial charge is 0.262 e. The SMILES string of the molecule is CN(C)CCOc1ccc(CNC(=O)c2cccc(S(=O)(=O)Nc3ccccc3F)c2)cc1. The molecule has 0 aliphatic rings. The number of halogens is 1. The third kappa shape index (κ3) is 7.03. The molecular weight excluding hydrogens is 445 g/mol. The number of hydrogen-bond donors (Lipinski definition) is 2. The normalized spacial score (nSPS) is 11.3. The molecule has 0 radical (unpaired) electrons. The Balaban J connectivity index is 1.61. The van der Waals surface area contributed by atoms with Gasteiger partial charge in [0.15, 0.2) is 0 Å². The van der Waals surface area contributed by atoms with Crippen molar-refractivity contribution in [2.45, 2.75) is 11.4 Å². The third-order valence-corrected chi connectivity index (χ3v) is 6.07. The summed E-state index contributed by atoms with van der Waals surface area (Å²) in [6.07, 6.45) is 0. The second kappa shape index (κ2) is 10.9. The monoisotopic (exact) mass is 471 g/mol. The van der Waals surface area contributed by atoms with Gasteiger partial charge in [-0.3, -0.25) is 9.52 Å². The van der Waals surface area contributed by atoms with E-state index in [-0.39, 0.29) is 22.7 Å². The van der Waals surface area contributed by atoms with E-state index in [1.165, 1.54) is 42.5 Å². The molecule has 0 spiro atoms. The molecule has 2 N–H and O–H groups in total. The van der Waals surface area contributed by atoms with Crippen molar-refractivity contribution in [2.75, 3.05) is 32.0 Å². The molecule has 33 heavy (non-hydrogen) atoms. The summed E-state index contributed by atoms with van der Waals surface area (Å²) < 4.78 is 46.9. The number of rotatable bonds is 10. The number of sulfonamides is 1. The first-order valence-electron chi connectivity index (χ1n) is 10.3. The zero-order valence-electron chi connectivity index (χ0n) is 18.4. The van der Waals surface area contributed by atoms with E-state index in [1.54, 1.807) is 0 Å². The fraction of sp³-hybridized carbons (Fsp3) is 0.208. The molecule has 1 amide bonds. The van der Waals surface area contributed by atoms with E-state index in [0.29, 0.717) is 6.61 Å². The number of carbonyl (C=O) groups is 1. The van der Waals surface area contributed by atoms with Gasteiger partial charge in [0.2, 0.25) is 0 Å². The van der Waals surface area contributed by atoms with Crippen LogP contribution in [0.3, 0.4) is 0 Å².